The highest BCUT2D eigenvalue weighted by molar-refractivity contribution is 7.80. The molecule has 0 saturated carbocycles. The molecule has 1 unspecified atom stereocenters. The van der Waals surface area contributed by atoms with E-state index in [1.165, 1.54) is 0 Å². The number of hydrazine groups is 1. The number of carbonyl (C=O) groups is 1. The van der Waals surface area contributed by atoms with Crippen LogP contribution in [-0.2, 0) is 4.79 Å². The molecule has 1 atom stereocenters. The van der Waals surface area contributed by atoms with Gasteiger partial charge in [0.05, 0.1) is 5.02 Å². The molecule has 0 bridgehead atoms. The number of thiocarbonyl (C=S) groups is 1. The first-order valence-electron chi connectivity index (χ1n) is 6.99. The Hall–Kier alpha value is -2.02. The molecule has 126 valence electrons. The molecule has 3 N–H and O–H groups in total. The van der Waals surface area contributed by atoms with E-state index in [2.05, 4.69) is 16.2 Å². The SMILES string of the molecule is CC(Oc1ccc(Cl)cc1Cl)C(=O)NNC(=S)Nc1ccccc1. The quantitative estimate of drug-likeness (QED) is 0.553. The molecule has 0 fully saturated rings. The molecule has 2 rings (SSSR count). The fourth-order valence-corrected chi connectivity index (χ4v) is 2.34. The number of ether oxygens (including phenoxy) is 1. The third-order valence-electron chi connectivity index (χ3n) is 2.90. The van der Waals surface area contributed by atoms with Gasteiger partial charge in [-0.3, -0.25) is 15.6 Å². The lowest BCUT2D eigenvalue weighted by Gasteiger charge is -2.17. The molecule has 0 aliphatic carbocycles. The van der Waals surface area contributed by atoms with Crippen LogP contribution in [0.2, 0.25) is 10.0 Å². The number of amides is 1. The molecule has 0 saturated heterocycles. The molecule has 0 heterocycles. The van der Waals surface area contributed by atoms with Crippen molar-refractivity contribution in [1.82, 2.24) is 10.9 Å². The maximum Gasteiger partial charge on any atom is 0.279 e. The molecule has 2 aromatic rings. The third-order valence-corrected chi connectivity index (χ3v) is 3.63. The van der Waals surface area contributed by atoms with Gasteiger partial charge in [-0.05, 0) is 49.5 Å². The van der Waals surface area contributed by atoms with E-state index in [1.54, 1.807) is 25.1 Å². The van der Waals surface area contributed by atoms with Crippen LogP contribution in [0.3, 0.4) is 0 Å². The summed E-state index contributed by atoms with van der Waals surface area (Å²) in [7, 11) is 0. The average molecular weight is 384 g/mol. The van der Waals surface area contributed by atoms with Crippen molar-refractivity contribution < 1.29 is 9.53 Å². The van der Waals surface area contributed by atoms with Gasteiger partial charge in [0.25, 0.3) is 5.91 Å². The van der Waals surface area contributed by atoms with Crippen molar-refractivity contribution in [1.29, 1.82) is 0 Å². The van der Waals surface area contributed by atoms with E-state index in [4.69, 9.17) is 40.2 Å². The van der Waals surface area contributed by atoms with Crippen LogP contribution in [0.25, 0.3) is 0 Å². The summed E-state index contributed by atoms with van der Waals surface area (Å²) >= 11 is 16.9. The van der Waals surface area contributed by atoms with E-state index in [9.17, 15) is 4.79 Å². The smallest absolute Gasteiger partial charge is 0.279 e. The Morgan fingerprint density at radius 3 is 2.50 bits per heavy atom. The monoisotopic (exact) mass is 383 g/mol. The normalized spacial score (nSPS) is 11.3. The van der Waals surface area contributed by atoms with Gasteiger partial charge in [0.15, 0.2) is 11.2 Å². The number of hydrogen-bond donors (Lipinski definition) is 3. The molecule has 0 aliphatic heterocycles. The van der Waals surface area contributed by atoms with Crippen molar-refractivity contribution in [2.24, 2.45) is 0 Å². The first-order valence-corrected chi connectivity index (χ1v) is 8.15. The van der Waals surface area contributed by atoms with Crippen molar-refractivity contribution in [3.63, 3.8) is 0 Å². The van der Waals surface area contributed by atoms with Gasteiger partial charge in [-0.2, -0.15) is 0 Å². The zero-order valence-electron chi connectivity index (χ0n) is 12.7. The Morgan fingerprint density at radius 2 is 1.83 bits per heavy atom. The highest BCUT2D eigenvalue weighted by Gasteiger charge is 2.16. The molecule has 0 spiro atoms. The summed E-state index contributed by atoms with van der Waals surface area (Å²) < 4.78 is 5.51. The van der Waals surface area contributed by atoms with Crippen LogP contribution in [0.5, 0.6) is 5.75 Å². The first-order chi connectivity index (χ1) is 11.5. The molecule has 1 amide bonds. The van der Waals surface area contributed by atoms with Crippen LogP contribution in [-0.4, -0.2) is 17.1 Å². The summed E-state index contributed by atoms with van der Waals surface area (Å²) in [5.74, 6) is -0.0352. The van der Waals surface area contributed by atoms with E-state index >= 15 is 0 Å². The lowest BCUT2D eigenvalue weighted by molar-refractivity contribution is -0.127. The zero-order valence-corrected chi connectivity index (χ0v) is 15.0. The lowest BCUT2D eigenvalue weighted by atomic mass is 10.3. The lowest BCUT2D eigenvalue weighted by Crippen LogP contribution is -2.48. The highest BCUT2D eigenvalue weighted by atomic mass is 35.5. The second kappa shape index (κ2) is 8.73. The predicted molar refractivity (Wildman–Crippen MR) is 100 cm³/mol. The number of carbonyl (C=O) groups excluding carboxylic acids is 1. The highest BCUT2D eigenvalue weighted by Crippen LogP contribution is 2.28. The van der Waals surface area contributed by atoms with Gasteiger partial charge in [0.1, 0.15) is 5.75 Å². The average Bonchev–Trinajstić information content (AvgIpc) is 2.56. The third kappa shape index (κ3) is 5.56. The summed E-state index contributed by atoms with van der Waals surface area (Å²) in [6.07, 6.45) is -0.782. The van der Waals surface area contributed by atoms with Gasteiger partial charge in [-0.1, -0.05) is 41.4 Å². The Bertz CT molecular complexity index is 729. The van der Waals surface area contributed by atoms with Gasteiger partial charge in [-0.25, -0.2) is 0 Å². The van der Waals surface area contributed by atoms with Gasteiger partial charge >= 0.3 is 0 Å². The number of rotatable bonds is 4. The van der Waals surface area contributed by atoms with Crippen LogP contribution >= 0.6 is 35.4 Å². The molecular formula is C16H15Cl2N3O2S. The Kier molecular flexibility index (Phi) is 6.66. The second-order valence-electron chi connectivity index (χ2n) is 4.77. The Balaban J connectivity index is 1.82. The van der Waals surface area contributed by atoms with Gasteiger partial charge in [0, 0.05) is 10.7 Å². The zero-order chi connectivity index (χ0) is 17.5. The standard InChI is InChI=1S/C16H15Cl2N3O2S/c1-10(23-14-8-7-11(17)9-13(14)18)15(22)20-21-16(24)19-12-5-3-2-4-6-12/h2-10H,1H3,(H,20,22)(H2,19,21,24). The fourth-order valence-electron chi connectivity index (χ4n) is 1.72. The Labute approximate surface area is 155 Å². The topological polar surface area (TPSA) is 62.4 Å². The van der Waals surface area contributed by atoms with Crippen LogP contribution in [0.15, 0.2) is 48.5 Å². The first kappa shape index (κ1) is 18.3. The van der Waals surface area contributed by atoms with E-state index in [0.717, 1.165) is 5.69 Å². The maximum absolute atomic E-state index is 12.0. The van der Waals surface area contributed by atoms with Crippen molar-refractivity contribution in [3.05, 3.63) is 58.6 Å². The molecule has 0 aliphatic rings. The number of hydrogen-bond acceptors (Lipinski definition) is 3. The van der Waals surface area contributed by atoms with E-state index in [-0.39, 0.29) is 5.11 Å². The van der Waals surface area contributed by atoms with Gasteiger partial charge in [0.2, 0.25) is 0 Å². The summed E-state index contributed by atoms with van der Waals surface area (Å²) in [6.45, 7) is 1.59. The maximum atomic E-state index is 12.0. The van der Waals surface area contributed by atoms with Crippen molar-refractivity contribution in [2.75, 3.05) is 5.32 Å². The van der Waals surface area contributed by atoms with Crippen molar-refractivity contribution >= 4 is 52.1 Å². The predicted octanol–water partition coefficient (Wildman–Crippen LogP) is 3.78. The molecular weight excluding hydrogens is 369 g/mol. The number of anilines is 1. The molecule has 5 nitrogen and oxygen atoms in total. The minimum absolute atomic E-state index is 0.256. The molecule has 0 radical (unpaired) electrons. The van der Waals surface area contributed by atoms with E-state index < -0.39 is 12.0 Å². The van der Waals surface area contributed by atoms with Crippen LogP contribution < -0.4 is 20.9 Å². The Morgan fingerprint density at radius 1 is 1.12 bits per heavy atom. The van der Waals surface area contributed by atoms with Crippen LogP contribution in [0.1, 0.15) is 6.92 Å². The molecule has 8 heteroatoms. The summed E-state index contributed by atoms with van der Waals surface area (Å²) in [6, 6.07) is 14.1. The van der Waals surface area contributed by atoms with Crippen LogP contribution in [0.4, 0.5) is 5.69 Å². The van der Waals surface area contributed by atoms with Gasteiger partial charge in [-0.15, -0.1) is 0 Å². The second-order valence-corrected chi connectivity index (χ2v) is 6.02. The minimum Gasteiger partial charge on any atom is -0.479 e. The van der Waals surface area contributed by atoms with E-state index in [0.29, 0.717) is 15.8 Å². The molecule has 0 aromatic heterocycles. The number of nitrogens with one attached hydrogen (secondary N) is 3. The van der Waals surface area contributed by atoms with Crippen molar-refractivity contribution in [3.8, 4) is 5.75 Å². The number of benzene rings is 2. The summed E-state index contributed by atoms with van der Waals surface area (Å²) in [5.41, 5.74) is 5.88. The molecule has 24 heavy (non-hydrogen) atoms. The van der Waals surface area contributed by atoms with E-state index in [1.807, 2.05) is 30.3 Å². The summed E-state index contributed by atoms with van der Waals surface area (Å²) in [5, 5.41) is 4.01. The number of para-hydroxylation sites is 1. The van der Waals surface area contributed by atoms with Crippen LogP contribution in [0, 0.1) is 0 Å². The molecule has 2 aromatic carbocycles. The summed E-state index contributed by atoms with van der Waals surface area (Å²) in [4.78, 5) is 12.0. The fraction of sp³-hybridized carbons (Fsp3) is 0.125. The van der Waals surface area contributed by atoms with Gasteiger partial charge < -0.3 is 10.1 Å². The van der Waals surface area contributed by atoms with Crippen molar-refractivity contribution in [2.45, 2.75) is 13.0 Å². The number of halogens is 2. The largest absolute Gasteiger partial charge is 0.479 e. The minimum atomic E-state index is -0.782.